The lowest BCUT2D eigenvalue weighted by atomic mass is 10.0. The molecule has 24 heavy (non-hydrogen) atoms. The van der Waals surface area contributed by atoms with E-state index in [1.807, 2.05) is 24.3 Å². The number of hydrogen-bond donors (Lipinski definition) is 1. The van der Waals surface area contributed by atoms with Gasteiger partial charge < -0.3 is 5.32 Å². The van der Waals surface area contributed by atoms with Crippen LogP contribution in [0, 0.1) is 5.82 Å². The van der Waals surface area contributed by atoms with Crippen LogP contribution in [0.5, 0.6) is 0 Å². The molecule has 1 atom stereocenters. The van der Waals surface area contributed by atoms with E-state index in [0.29, 0.717) is 23.1 Å². The van der Waals surface area contributed by atoms with Gasteiger partial charge >= 0.3 is 0 Å². The average Bonchev–Trinajstić information content (AvgIpc) is 2.89. The van der Waals surface area contributed by atoms with Crippen molar-refractivity contribution in [3.05, 3.63) is 65.5 Å². The van der Waals surface area contributed by atoms with Gasteiger partial charge in [-0.3, -0.25) is 4.79 Å². The van der Waals surface area contributed by atoms with Crippen molar-refractivity contribution in [3.8, 4) is 0 Å². The molecule has 1 unspecified atom stereocenters. The van der Waals surface area contributed by atoms with Crippen molar-refractivity contribution in [1.29, 1.82) is 0 Å². The van der Waals surface area contributed by atoms with E-state index in [-0.39, 0.29) is 17.0 Å². The van der Waals surface area contributed by atoms with Crippen LogP contribution in [0.2, 0.25) is 0 Å². The molecule has 1 amide bonds. The fourth-order valence-corrected chi connectivity index (χ4v) is 3.52. The van der Waals surface area contributed by atoms with Gasteiger partial charge in [0.25, 0.3) is 0 Å². The average molecular weight is 342 g/mol. The predicted octanol–water partition coefficient (Wildman–Crippen LogP) is 4.41. The van der Waals surface area contributed by atoms with Crippen LogP contribution >= 0.6 is 11.8 Å². The topological polar surface area (TPSA) is 41.5 Å². The molecule has 2 aromatic carbocycles. The maximum absolute atomic E-state index is 13.7. The molecular formula is C19H19FN2OS. The largest absolute Gasteiger partial charge is 0.304 e. The molecule has 0 aliphatic carbocycles. The maximum atomic E-state index is 13.7. The van der Waals surface area contributed by atoms with Gasteiger partial charge in [-0.05, 0) is 41.7 Å². The Morgan fingerprint density at radius 2 is 1.88 bits per heavy atom. The first-order chi connectivity index (χ1) is 11.5. The Labute approximate surface area is 145 Å². The van der Waals surface area contributed by atoms with Gasteiger partial charge in [-0.15, -0.1) is 0 Å². The Bertz CT molecular complexity index is 771. The van der Waals surface area contributed by atoms with Gasteiger partial charge in [-0.25, -0.2) is 9.38 Å². The lowest BCUT2D eigenvalue weighted by molar-refractivity contribution is -0.118. The van der Waals surface area contributed by atoms with E-state index in [0.717, 1.165) is 5.69 Å². The molecule has 0 spiro atoms. The number of nitrogens with zero attached hydrogens (tertiary/aromatic N) is 1. The second-order valence-electron chi connectivity index (χ2n) is 6.05. The van der Waals surface area contributed by atoms with Gasteiger partial charge in [-0.1, -0.05) is 55.9 Å². The molecule has 0 aromatic heterocycles. The number of benzene rings is 2. The van der Waals surface area contributed by atoms with Gasteiger partial charge in [0.1, 0.15) is 5.82 Å². The molecule has 2 aromatic rings. The molecule has 1 saturated heterocycles. The Morgan fingerprint density at radius 1 is 1.17 bits per heavy atom. The first-order valence-electron chi connectivity index (χ1n) is 7.92. The minimum Gasteiger partial charge on any atom is -0.304 e. The number of amidine groups is 1. The van der Waals surface area contributed by atoms with Gasteiger partial charge in [0.05, 0.1) is 10.9 Å². The summed E-state index contributed by atoms with van der Waals surface area (Å²) in [7, 11) is 0. The smallest absolute Gasteiger partial charge is 0.239 e. The summed E-state index contributed by atoms with van der Waals surface area (Å²) in [5.41, 5.74) is 2.60. The van der Waals surface area contributed by atoms with Gasteiger partial charge in [0.2, 0.25) is 5.91 Å². The number of halogens is 1. The van der Waals surface area contributed by atoms with Crippen molar-refractivity contribution in [2.75, 3.05) is 0 Å². The number of aliphatic imine (C=N–C) groups is 1. The van der Waals surface area contributed by atoms with E-state index >= 15 is 0 Å². The normalized spacial score (nSPS) is 19.1. The molecule has 0 bridgehead atoms. The zero-order valence-electron chi connectivity index (χ0n) is 13.6. The lowest BCUT2D eigenvalue weighted by Crippen LogP contribution is -2.26. The van der Waals surface area contributed by atoms with Crippen LogP contribution in [-0.4, -0.2) is 16.3 Å². The van der Waals surface area contributed by atoms with E-state index in [1.165, 1.54) is 23.4 Å². The zero-order chi connectivity index (χ0) is 17.1. The van der Waals surface area contributed by atoms with Gasteiger partial charge in [0, 0.05) is 0 Å². The highest BCUT2D eigenvalue weighted by Crippen LogP contribution is 2.27. The predicted molar refractivity (Wildman–Crippen MR) is 97.3 cm³/mol. The summed E-state index contributed by atoms with van der Waals surface area (Å²) >= 11 is 1.35. The number of thioether (sulfide) groups is 1. The van der Waals surface area contributed by atoms with Crippen molar-refractivity contribution >= 4 is 28.5 Å². The highest BCUT2D eigenvalue weighted by molar-refractivity contribution is 8.15. The van der Waals surface area contributed by atoms with Gasteiger partial charge in [-0.2, -0.15) is 0 Å². The molecule has 1 aliphatic heterocycles. The summed E-state index contributed by atoms with van der Waals surface area (Å²) in [6.45, 7) is 4.28. The minimum absolute atomic E-state index is 0.124. The third kappa shape index (κ3) is 3.85. The highest BCUT2D eigenvalue weighted by Gasteiger charge is 2.30. The summed E-state index contributed by atoms with van der Waals surface area (Å²) in [6, 6.07) is 14.5. The molecule has 1 heterocycles. The summed E-state index contributed by atoms with van der Waals surface area (Å²) in [5, 5.41) is 3.00. The van der Waals surface area contributed by atoms with Crippen molar-refractivity contribution in [2.45, 2.75) is 31.4 Å². The van der Waals surface area contributed by atoms with Crippen LogP contribution < -0.4 is 5.32 Å². The van der Waals surface area contributed by atoms with Crippen molar-refractivity contribution in [1.82, 2.24) is 5.32 Å². The summed E-state index contributed by atoms with van der Waals surface area (Å²) in [5.74, 6) is 0.0683. The monoisotopic (exact) mass is 342 g/mol. The second kappa shape index (κ2) is 7.18. The molecule has 1 N–H and O–H groups in total. The van der Waals surface area contributed by atoms with Crippen LogP contribution in [0.3, 0.4) is 0 Å². The number of rotatable bonds is 4. The molecule has 124 valence electrons. The minimum atomic E-state index is -0.351. The second-order valence-corrected chi connectivity index (χ2v) is 7.25. The van der Waals surface area contributed by atoms with Crippen LogP contribution in [-0.2, 0) is 11.2 Å². The molecule has 3 nitrogen and oxygen atoms in total. The van der Waals surface area contributed by atoms with E-state index in [4.69, 9.17) is 0 Å². The summed E-state index contributed by atoms with van der Waals surface area (Å²) in [4.78, 5) is 16.6. The molecule has 1 fully saturated rings. The zero-order valence-corrected chi connectivity index (χ0v) is 14.4. The standard InChI is InChI=1S/C19H19FN2OS/c1-12(2)13-7-9-15(10-8-13)21-19-22-18(23)17(24-19)11-14-5-3-4-6-16(14)20/h3-10,12,17H,11H2,1-2H3,(H,21,22,23). The first-order valence-corrected chi connectivity index (χ1v) is 8.80. The first kappa shape index (κ1) is 16.7. The van der Waals surface area contributed by atoms with Crippen molar-refractivity contribution in [2.24, 2.45) is 4.99 Å². The van der Waals surface area contributed by atoms with Crippen molar-refractivity contribution in [3.63, 3.8) is 0 Å². The summed E-state index contributed by atoms with van der Waals surface area (Å²) < 4.78 is 13.7. The Hall–Kier alpha value is -2.14. The molecule has 3 rings (SSSR count). The van der Waals surface area contributed by atoms with E-state index in [2.05, 4.69) is 24.2 Å². The Kier molecular flexibility index (Phi) is 5.00. The van der Waals surface area contributed by atoms with Gasteiger partial charge in [0.15, 0.2) is 5.17 Å². The lowest BCUT2D eigenvalue weighted by Gasteiger charge is -2.06. The van der Waals surface area contributed by atoms with Crippen LogP contribution in [0.1, 0.15) is 30.9 Å². The third-order valence-electron chi connectivity index (χ3n) is 3.93. The fourth-order valence-electron chi connectivity index (χ4n) is 2.51. The molecule has 0 saturated carbocycles. The van der Waals surface area contributed by atoms with Crippen LogP contribution in [0.25, 0.3) is 0 Å². The van der Waals surface area contributed by atoms with E-state index < -0.39 is 0 Å². The maximum Gasteiger partial charge on any atom is 0.239 e. The van der Waals surface area contributed by atoms with E-state index in [1.54, 1.807) is 18.2 Å². The molecule has 1 aliphatic rings. The Balaban J connectivity index is 1.71. The third-order valence-corrected chi connectivity index (χ3v) is 5.01. The highest BCUT2D eigenvalue weighted by atomic mass is 32.2. The fraction of sp³-hybridized carbons (Fsp3) is 0.263. The summed E-state index contributed by atoms with van der Waals surface area (Å²) in [6.07, 6.45) is 0.356. The Morgan fingerprint density at radius 3 is 2.54 bits per heavy atom. The number of hydrogen-bond acceptors (Lipinski definition) is 3. The molecule has 0 radical (unpaired) electrons. The number of nitrogens with one attached hydrogen (secondary N) is 1. The van der Waals surface area contributed by atoms with Crippen LogP contribution in [0.4, 0.5) is 10.1 Å². The van der Waals surface area contributed by atoms with Crippen LogP contribution in [0.15, 0.2) is 53.5 Å². The number of amides is 1. The molecular weight excluding hydrogens is 323 g/mol. The quantitative estimate of drug-likeness (QED) is 0.894. The molecule has 5 heteroatoms. The number of carbonyl (C=O) groups is 1. The number of carbonyl (C=O) groups excluding carboxylic acids is 1. The van der Waals surface area contributed by atoms with E-state index in [9.17, 15) is 9.18 Å². The van der Waals surface area contributed by atoms with Crippen molar-refractivity contribution < 1.29 is 9.18 Å². The SMILES string of the molecule is CC(C)c1ccc(N=C2NC(=O)C(Cc3ccccc3F)S2)cc1.